The van der Waals surface area contributed by atoms with Gasteiger partial charge in [0.1, 0.15) is 17.1 Å². The zero-order valence-electron chi connectivity index (χ0n) is 21.2. The van der Waals surface area contributed by atoms with Crippen LogP contribution in [0.2, 0.25) is 0 Å². The van der Waals surface area contributed by atoms with E-state index in [1.54, 1.807) is 22.4 Å². The number of aliphatic hydroxyl groups is 1. The van der Waals surface area contributed by atoms with Gasteiger partial charge in [-0.15, -0.1) is 0 Å². The molecule has 194 valence electrons. The number of morpholine rings is 1. The summed E-state index contributed by atoms with van der Waals surface area (Å²) in [6.07, 6.45) is 2.49. The molecule has 0 radical (unpaired) electrons. The van der Waals surface area contributed by atoms with Crippen molar-refractivity contribution in [2.45, 2.75) is 26.3 Å². The normalized spacial score (nSPS) is 20.2. The molecule has 2 aromatic heterocycles. The zero-order chi connectivity index (χ0) is 25.9. The standard InChI is InChI=1S/C28H32N4O5/c1-3-37-21-10-8-20(9-11-21)25-23(26(33)24-19(2)29-22-7-4-5-13-31(22)24)27(34)28(35)32(25)14-6-12-30-15-17-36-18-16-30/h4-5,7-11,13,25,33H,3,6,12,14-18H2,1-2H3/b26-23+/t25-/m1/s1. The van der Waals surface area contributed by atoms with Crippen LogP contribution >= 0.6 is 0 Å². The molecule has 2 aliphatic heterocycles. The molecule has 2 saturated heterocycles. The average molecular weight is 505 g/mol. The van der Waals surface area contributed by atoms with Gasteiger partial charge in [-0.05, 0) is 50.1 Å². The van der Waals surface area contributed by atoms with Gasteiger partial charge >= 0.3 is 0 Å². The lowest BCUT2D eigenvalue weighted by atomic mass is 9.96. The number of aliphatic hydroxyl groups excluding tert-OH is 1. The summed E-state index contributed by atoms with van der Waals surface area (Å²) in [5, 5.41) is 11.6. The molecule has 0 spiro atoms. The number of rotatable bonds is 8. The lowest BCUT2D eigenvalue weighted by molar-refractivity contribution is -0.140. The number of pyridine rings is 1. The molecule has 2 aliphatic rings. The summed E-state index contributed by atoms with van der Waals surface area (Å²) >= 11 is 0. The fourth-order valence-corrected chi connectivity index (χ4v) is 5.19. The largest absolute Gasteiger partial charge is 0.505 e. The molecule has 9 nitrogen and oxygen atoms in total. The van der Waals surface area contributed by atoms with E-state index in [4.69, 9.17) is 9.47 Å². The molecule has 1 amide bonds. The van der Waals surface area contributed by atoms with Crippen molar-refractivity contribution in [3.8, 4) is 5.75 Å². The van der Waals surface area contributed by atoms with Gasteiger partial charge in [0.25, 0.3) is 11.7 Å². The van der Waals surface area contributed by atoms with E-state index in [1.807, 2.05) is 49.4 Å². The third-order valence-corrected chi connectivity index (χ3v) is 6.95. The number of hydrogen-bond donors (Lipinski definition) is 1. The Balaban J connectivity index is 1.54. The summed E-state index contributed by atoms with van der Waals surface area (Å²) in [7, 11) is 0. The monoisotopic (exact) mass is 504 g/mol. The summed E-state index contributed by atoms with van der Waals surface area (Å²) in [6.45, 7) is 8.54. The van der Waals surface area contributed by atoms with Gasteiger partial charge in [0.05, 0.1) is 37.1 Å². The summed E-state index contributed by atoms with van der Waals surface area (Å²) in [5.41, 5.74) is 2.46. The van der Waals surface area contributed by atoms with Crippen molar-refractivity contribution in [3.63, 3.8) is 0 Å². The number of hydrogen-bond acceptors (Lipinski definition) is 7. The molecule has 2 fully saturated rings. The van der Waals surface area contributed by atoms with Crippen molar-refractivity contribution >= 4 is 23.1 Å². The number of aromatic nitrogens is 2. The zero-order valence-corrected chi connectivity index (χ0v) is 21.2. The van der Waals surface area contributed by atoms with E-state index in [0.29, 0.717) is 55.6 Å². The van der Waals surface area contributed by atoms with E-state index in [9.17, 15) is 14.7 Å². The lowest BCUT2D eigenvalue weighted by Gasteiger charge is -2.29. The second kappa shape index (κ2) is 10.7. The van der Waals surface area contributed by atoms with Crippen molar-refractivity contribution in [2.75, 3.05) is 46.0 Å². The number of imidazole rings is 1. The number of ketones is 1. The Morgan fingerprint density at radius 1 is 1.11 bits per heavy atom. The van der Waals surface area contributed by atoms with Crippen LogP contribution in [-0.4, -0.2) is 82.0 Å². The maximum absolute atomic E-state index is 13.4. The first-order chi connectivity index (χ1) is 18.0. The van der Waals surface area contributed by atoms with Crippen LogP contribution in [0, 0.1) is 6.92 Å². The van der Waals surface area contributed by atoms with Gasteiger partial charge in [-0.1, -0.05) is 18.2 Å². The lowest BCUT2D eigenvalue weighted by Crippen LogP contribution is -2.38. The number of amides is 1. The molecule has 9 heteroatoms. The molecular weight excluding hydrogens is 472 g/mol. The van der Waals surface area contributed by atoms with E-state index < -0.39 is 17.7 Å². The van der Waals surface area contributed by atoms with Gasteiger partial charge in [-0.2, -0.15) is 0 Å². The SMILES string of the molecule is CCOc1ccc([C@@H]2/C(=C(\O)c3c(C)nc4ccccn34)C(=O)C(=O)N2CCCN2CCOCC2)cc1. The number of aryl methyl sites for hydroxylation is 1. The maximum Gasteiger partial charge on any atom is 0.295 e. The number of benzene rings is 1. The van der Waals surface area contributed by atoms with Crippen LogP contribution in [0.15, 0.2) is 54.2 Å². The van der Waals surface area contributed by atoms with Crippen LogP contribution in [0.5, 0.6) is 5.75 Å². The van der Waals surface area contributed by atoms with Crippen LogP contribution in [-0.2, 0) is 14.3 Å². The van der Waals surface area contributed by atoms with Crippen molar-refractivity contribution in [2.24, 2.45) is 0 Å². The number of carbonyl (C=O) groups is 2. The van der Waals surface area contributed by atoms with E-state index in [-0.39, 0.29) is 11.3 Å². The molecule has 1 aromatic carbocycles. The highest BCUT2D eigenvalue weighted by molar-refractivity contribution is 6.46. The first kappa shape index (κ1) is 25.0. The Kier molecular flexibility index (Phi) is 7.25. The number of carbonyl (C=O) groups excluding carboxylic acids is 2. The minimum Gasteiger partial charge on any atom is -0.505 e. The number of nitrogens with zero attached hydrogens (tertiary/aromatic N) is 4. The predicted molar refractivity (Wildman–Crippen MR) is 138 cm³/mol. The second-order valence-corrected chi connectivity index (χ2v) is 9.28. The number of likely N-dealkylation sites (tertiary alicyclic amines) is 1. The highest BCUT2D eigenvalue weighted by Crippen LogP contribution is 2.40. The van der Waals surface area contributed by atoms with Gasteiger partial charge < -0.3 is 19.5 Å². The first-order valence-electron chi connectivity index (χ1n) is 12.7. The Morgan fingerprint density at radius 3 is 2.59 bits per heavy atom. The Bertz CT molecular complexity index is 1320. The van der Waals surface area contributed by atoms with Gasteiger partial charge in [0, 0.05) is 32.4 Å². The van der Waals surface area contributed by atoms with Crippen molar-refractivity contribution < 1.29 is 24.2 Å². The maximum atomic E-state index is 13.4. The highest BCUT2D eigenvalue weighted by atomic mass is 16.5. The number of ether oxygens (including phenoxy) is 2. The summed E-state index contributed by atoms with van der Waals surface area (Å²) in [5.74, 6) is -0.806. The fourth-order valence-electron chi connectivity index (χ4n) is 5.19. The molecule has 0 unspecified atom stereocenters. The smallest absolute Gasteiger partial charge is 0.295 e. The summed E-state index contributed by atoms with van der Waals surface area (Å²) in [4.78, 5) is 35.2. The van der Waals surface area contributed by atoms with Crippen LogP contribution in [0.4, 0.5) is 0 Å². The molecule has 0 saturated carbocycles. The van der Waals surface area contributed by atoms with Gasteiger partial charge in [0.15, 0.2) is 5.76 Å². The van der Waals surface area contributed by atoms with Gasteiger partial charge in [-0.3, -0.25) is 18.9 Å². The van der Waals surface area contributed by atoms with E-state index in [2.05, 4.69) is 9.88 Å². The third kappa shape index (κ3) is 4.84. The van der Waals surface area contributed by atoms with Crippen LogP contribution < -0.4 is 4.74 Å². The van der Waals surface area contributed by atoms with Crippen molar-refractivity contribution in [1.29, 1.82) is 0 Å². The Labute approximate surface area is 215 Å². The number of Topliss-reactive ketones (excluding diaryl/α,β-unsaturated/α-hetero) is 1. The van der Waals surface area contributed by atoms with Crippen molar-refractivity contribution in [1.82, 2.24) is 19.2 Å². The third-order valence-electron chi connectivity index (χ3n) is 6.95. The second-order valence-electron chi connectivity index (χ2n) is 9.28. The molecular formula is C28H32N4O5. The average Bonchev–Trinajstić information content (AvgIpc) is 3.38. The molecule has 0 aliphatic carbocycles. The molecule has 0 bridgehead atoms. The molecule has 1 N–H and O–H groups in total. The Hall–Kier alpha value is -3.69. The molecule has 1 atom stereocenters. The summed E-state index contributed by atoms with van der Waals surface area (Å²) < 4.78 is 12.8. The van der Waals surface area contributed by atoms with E-state index >= 15 is 0 Å². The van der Waals surface area contributed by atoms with Crippen molar-refractivity contribution in [3.05, 3.63) is 71.2 Å². The Morgan fingerprint density at radius 2 is 1.86 bits per heavy atom. The van der Waals surface area contributed by atoms with Gasteiger partial charge in [-0.25, -0.2) is 4.98 Å². The first-order valence-corrected chi connectivity index (χ1v) is 12.7. The van der Waals surface area contributed by atoms with Crippen LogP contribution in [0.25, 0.3) is 11.4 Å². The quantitative estimate of drug-likeness (QED) is 0.286. The summed E-state index contributed by atoms with van der Waals surface area (Å²) in [6, 6.07) is 12.2. The number of fused-ring (bicyclic) bond motifs is 1. The molecule has 5 rings (SSSR count). The minimum absolute atomic E-state index is 0.0780. The van der Waals surface area contributed by atoms with Crippen LogP contribution in [0.1, 0.15) is 36.3 Å². The predicted octanol–water partition coefficient (Wildman–Crippen LogP) is 3.19. The minimum atomic E-state index is -0.714. The van der Waals surface area contributed by atoms with Crippen LogP contribution in [0.3, 0.4) is 0 Å². The molecule has 3 aromatic rings. The van der Waals surface area contributed by atoms with Gasteiger partial charge in [0.2, 0.25) is 0 Å². The van der Waals surface area contributed by atoms with E-state index in [0.717, 1.165) is 25.2 Å². The molecule has 37 heavy (non-hydrogen) atoms. The fraction of sp³-hybridized carbons (Fsp3) is 0.393. The van der Waals surface area contributed by atoms with E-state index in [1.165, 1.54) is 0 Å². The highest BCUT2D eigenvalue weighted by Gasteiger charge is 2.46. The topological polar surface area (TPSA) is 96.6 Å². The molecule has 4 heterocycles.